The first-order valence-corrected chi connectivity index (χ1v) is 9.28. The topological polar surface area (TPSA) is 0 Å². The van der Waals surface area contributed by atoms with Crippen LogP contribution in [-0.2, 0) is 10.8 Å². The molecule has 0 bridgehead atoms. The van der Waals surface area contributed by atoms with Gasteiger partial charge >= 0.3 is 0 Å². The minimum Gasteiger partial charge on any atom is -0.0622 e. The second-order valence-electron chi connectivity index (χ2n) is 9.10. The van der Waals surface area contributed by atoms with Crippen molar-refractivity contribution in [2.24, 2.45) is 5.41 Å². The summed E-state index contributed by atoms with van der Waals surface area (Å²) in [5.74, 6) is 0. The zero-order chi connectivity index (χ0) is 17.8. The second-order valence-corrected chi connectivity index (χ2v) is 9.10. The van der Waals surface area contributed by atoms with Gasteiger partial charge in [-0.1, -0.05) is 109 Å². The van der Waals surface area contributed by atoms with Crippen molar-refractivity contribution in [3.8, 4) is 0 Å². The predicted molar refractivity (Wildman–Crippen MR) is 107 cm³/mol. The van der Waals surface area contributed by atoms with E-state index < -0.39 is 0 Å². The maximum absolute atomic E-state index is 2.46. The van der Waals surface area contributed by atoms with Gasteiger partial charge in [-0.05, 0) is 34.8 Å². The average Bonchev–Trinajstić information content (AvgIpc) is 2.55. The van der Waals surface area contributed by atoms with E-state index in [1.807, 2.05) is 0 Å². The Balaban J connectivity index is 2.39. The van der Waals surface area contributed by atoms with Crippen LogP contribution in [-0.4, -0.2) is 0 Å². The lowest BCUT2D eigenvalue weighted by atomic mass is 9.57. The molecule has 0 saturated carbocycles. The Morgan fingerprint density at radius 3 is 1.50 bits per heavy atom. The molecule has 2 aromatic rings. The summed E-state index contributed by atoms with van der Waals surface area (Å²) in [7, 11) is 0. The SMILES string of the molecule is CC(C)(C)CCC[C@](C)(c1ccccc1)C(C)(C)c1ccccc1. The lowest BCUT2D eigenvalue weighted by molar-refractivity contribution is 0.234. The fourth-order valence-corrected chi connectivity index (χ4v) is 3.77. The zero-order valence-electron chi connectivity index (χ0n) is 16.4. The fraction of sp³-hybridized carbons (Fsp3) is 0.500. The van der Waals surface area contributed by atoms with Gasteiger partial charge in [0.15, 0.2) is 0 Å². The van der Waals surface area contributed by atoms with E-state index in [4.69, 9.17) is 0 Å². The van der Waals surface area contributed by atoms with Crippen LogP contribution in [0.25, 0.3) is 0 Å². The molecule has 130 valence electrons. The van der Waals surface area contributed by atoms with Crippen molar-refractivity contribution in [2.45, 2.75) is 71.6 Å². The van der Waals surface area contributed by atoms with E-state index in [0.717, 1.165) is 0 Å². The van der Waals surface area contributed by atoms with E-state index >= 15 is 0 Å². The van der Waals surface area contributed by atoms with Gasteiger partial charge in [0.1, 0.15) is 0 Å². The standard InChI is InChI=1S/C24H34/c1-22(2,3)18-13-19-24(6,21-16-11-8-12-17-21)23(4,5)20-14-9-7-10-15-20/h7-12,14-17H,13,18-19H2,1-6H3/t24-/m1/s1. The molecule has 0 nitrogen and oxygen atoms in total. The lowest BCUT2D eigenvalue weighted by Crippen LogP contribution is -2.43. The molecule has 0 unspecified atom stereocenters. The van der Waals surface area contributed by atoms with Crippen LogP contribution in [0.15, 0.2) is 60.7 Å². The van der Waals surface area contributed by atoms with E-state index in [0.29, 0.717) is 5.41 Å². The van der Waals surface area contributed by atoms with Crippen LogP contribution in [0.1, 0.15) is 71.9 Å². The van der Waals surface area contributed by atoms with Crippen molar-refractivity contribution in [2.75, 3.05) is 0 Å². The average molecular weight is 323 g/mol. The first-order valence-electron chi connectivity index (χ1n) is 9.28. The summed E-state index contributed by atoms with van der Waals surface area (Å²) in [6, 6.07) is 22.1. The van der Waals surface area contributed by atoms with E-state index in [1.54, 1.807) is 0 Å². The van der Waals surface area contributed by atoms with E-state index in [2.05, 4.69) is 102 Å². The highest BCUT2D eigenvalue weighted by Gasteiger charge is 2.43. The summed E-state index contributed by atoms with van der Waals surface area (Å²) in [4.78, 5) is 0. The number of hydrogen-bond donors (Lipinski definition) is 0. The Hall–Kier alpha value is -1.56. The highest BCUT2D eigenvalue weighted by Crippen LogP contribution is 2.47. The van der Waals surface area contributed by atoms with Crippen LogP contribution < -0.4 is 0 Å². The highest BCUT2D eigenvalue weighted by atomic mass is 14.5. The summed E-state index contributed by atoms with van der Waals surface area (Å²) in [6.45, 7) is 14.3. The van der Waals surface area contributed by atoms with Gasteiger partial charge in [0.25, 0.3) is 0 Å². The number of rotatable bonds is 6. The van der Waals surface area contributed by atoms with Gasteiger partial charge in [-0.15, -0.1) is 0 Å². The Morgan fingerprint density at radius 1 is 0.583 bits per heavy atom. The molecule has 0 N–H and O–H groups in total. The van der Waals surface area contributed by atoms with Gasteiger partial charge in [0.05, 0.1) is 0 Å². The van der Waals surface area contributed by atoms with Gasteiger partial charge in [-0.25, -0.2) is 0 Å². The summed E-state index contributed by atoms with van der Waals surface area (Å²) in [5.41, 5.74) is 3.46. The van der Waals surface area contributed by atoms with E-state index in [-0.39, 0.29) is 10.8 Å². The smallest absolute Gasteiger partial charge is 0.00162 e. The third-order valence-corrected chi connectivity index (χ3v) is 5.89. The molecule has 0 fully saturated rings. The van der Waals surface area contributed by atoms with Gasteiger partial charge in [-0.2, -0.15) is 0 Å². The van der Waals surface area contributed by atoms with Crippen LogP contribution in [0.2, 0.25) is 0 Å². The summed E-state index contributed by atoms with van der Waals surface area (Å²) in [6.07, 6.45) is 3.72. The molecule has 0 aliphatic heterocycles. The Bertz CT molecular complexity index is 616. The Kier molecular flexibility index (Phi) is 5.58. The minimum absolute atomic E-state index is 0.0769. The molecular formula is C24H34. The maximum Gasteiger partial charge on any atom is 0.00162 e. The van der Waals surface area contributed by atoms with Crippen molar-refractivity contribution < 1.29 is 0 Å². The molecule has 2 rings (SSSR count). The van der Waals surface area contributed by atoms with Crippen molar-refractivity contribution in [3.63, 3.8) is 0 Å². The molecule has 0 saturated heterocycles. The molecule has 0 heterocycles. The van der Waals surface area contributed by atoms with Gasteiger partial charge in [0.2, 0.25) is 0 Å². The predicted octanol–water partition coefficient (Wildman–Crippen LogP) is 7.14. The third kappa shape index (κ3) is 4.09. The third-order valence-electron chi connectivity index (χ3n) is 5.89. The molecule has 0 aliphatic rings. The minimum atomic E-state index is 0.0769. The molecule has 0 amide bonds. The summed E-state index contributed by atoms with van der Waals surface area (Å²) in [5, 5.41) is 0. The van der Waals surface area contributed by atoms with Crippen LogP contribution in [0.3, 0.4) is 0 Å². The number of hydrogen-bond acceptors (Lipinski definition) is 0. The Labute approximate surface area is 149 Å². The normalized spacial score (nSPS) is 15.1. The summed E-state index contributed by atoms with van der Waals surface area (Å²) < 4.78 is 0. The molecule has 0 heteroatoms. The van der Waals surface area contributed by atoms with Crippen molar-refractivity contribution in [1.82, 2.24) is 0 Å². The lowest BCUT2D eigenvalue weighted by Gasteiger charge is -2.46. The van der Waals surface area contributed by atoms with Gasteiger partial charge < -0.3 is 0 Å². The first kappa shape index (κ1) is 18.8. The molecule has 2 aromatic carbocycles. The van der Waals surface area contributed by atoms with Crippen molar-refractivity contribution in [3.05, 3.63) is 71.8 Å². The Morgan fingerprint density at radius 2 is 1.04 bits per heavy atom. The largest absolute Gasteiger partial charge is 0.0622 e. The number of benzene rings is 2. The molecule has 0 radical (unpaired) electrons. The monoisotopic (exact) mass is 322 g/mol. The van der Waals surface area contributed by atoms with E-state index in [9.17, 15) is 0 Å². The second kappa shape index (κ2) is 7.13. The van der Waals surface area contributed by atoms with E-state index in [1.165, 1.54) is 30.4 Å². The van der Waals surface area contributed by atoms with Crippen molar-refractivity contribution in [1.29, 1.82) is 0 Å². The van der Waals surface area contributed by atoms with Crippen LogP contribution in [0.4, 0.5) is 0 Å². The first-order chi connectivity index (χ1) is 11.2. The van der Waals surface area contributed by atoms with Crippen LogP contribution in [0, 0.1) is 5.41 Å². The molecule has 0 spiro atoms. The van der Waals surface area contributed by atoms with Crippen molar-refractivity contribution >= 4 is 0 Å². The zero-order valence-corrected chi connectivity index (χ0v) is 16.4. The molecule has 1 atom stereocenters. The molecule has 24 heavy (non-hydrogen) atoms. The van der Waals surface area contributed by atoms with Crippen LogP contribution in [0.5, 0.6) is 0 Å². The summed E-state index contributed by atoms with van der Waals surface area (Å²) >= 11 is 0. The fourth-order valence-electron chi connectivity index (χ4n) is 3.77. The molecular weight excluding hydrogens is 288 g/mol. The quantitative estimate of drug-likeness (QED) is 0.530. The maximum atomic E-state index is 2.46. The molecule has 0 aromatic heterocycles. The van der Waals surface area contributed by atoms with Gasteiger partial charge in [0, 0.05) is 5.41 Å². The van der Waals surface area contributed by atoms with Crippen LogP contribution >= 0.6 is 0 Å². The molecule has 0 aliphatic carbocycles. The van der Waals surface area contributed by atoms with Gasteiger partial charge in [-0.3, -0.25) is 0 Å². The highest BCUT2D eigenvalue weighted by molar-refractivity contribution is 5.36.